The van der Waals surface area contributed by atoms with Gasteiger partial charge in [0.05, 0.1) is 0 Å². The molecule has 2 aromatic carbocycles. The van der Waals surface area contributed by atoms with Crippen molar-refractivity contribution in [3.63, 3.8) is 0 Å². The summed E-state index contributed by atoms with van der Waals surface area (Å²) in [6.07, 6.45) is 0.562. The summed E-state index contributed by atoms with van der Waals surface area (Å²) in [6.45, 7) is 1.87. The quantitative estimate of drug-likeness (QED) is 0.692. The third-order valence-corrected chi connectivity index (χ3v) is 3.70. The fourth-order valence-electron chi connectivity index (χ4n) is 1.88. The Kier molecular flexibility index (Phi) is 5.35. The normalized spacial score (nSPS) is 12.3. The Hall–Kier alpha value is -0.980. The van der Waals surface area contributed by atoms with E-state index in [0.29, 0.717) is 16.6 Å². The second-order valence-corrected chi connectivity index (χ2v) is 6.57. The molecule has 0 spiro atoms. The van der Waals surface area contributed by atoms with Crippen LogP contribution in [0.3, 0.4) is 0 Å². The van der Waals surface area contributed by atoms with Gasteiger partial charge < -0.3 is 10.5 Å². The Morgan fingerprint density at radius 2 is 1.81 bits per heavy atom. The minimum atomic E-state index is -1.02. The number of benzene rings is 2. The maximum Gasteiger partial charge on any atom is 0.201 e. The van der Waals surface area contributed by atoms with Crippen molar-refractivity contribution in [3.8, 4) is 11.5 Å². The minimum absolute atomic E-state index is 0.0780. The monoisotopic (exact) mass is 419 g/mol. The SMILES string of the molecule is CC(N)Cc1cc(Br)ccc1Oc1cc(Br)cc(F)c1F. The molecule has 2 aromatic rings. The van der Waals surface area contributed by atoms with Crippen LogP contribution in [-0.2, 0) is 6.42 Å². The van der Waals surface area contributed by atoms with Gasteiger partial charge in [0.2, 0.25) is 5.82 Å². The predicted octanol–water partition coefficient (Wildman–Crippen LogP) is 5.17. The molecule has 2 rings (SSSR count). The molecule has 1 unspecified atom stereocenters. The van der Waals surface area contributed by atoms with E-state index in [2.05, 4.69) is 31.9 Å². The van der Waals surface area contributed by atoms with Crippen molar-refractivity contribution in [3.05, 3.63) is 56.5 Å². The molecule has 0 radical (unpaired) electrons. The first-order valence-electron chi connectivity index (χ1n) is 6.23. The van der Waals surface area contributed by atoms with Crippen LogP contribution in [-0.4, -0.2) is 6.04 Å². The maximum atomic E-state index is 13.8. The fraction of sp³-hybridized carbons (Fsp3) is 0.200. The van der Waals surface area contributed by atoms with Gasteiger partial charge in [-0.3, -0.25) is 0 Å². The van der Waals surface area contributed by atoms with Crippen LogP contribution in [0, 0.1) is 11.6 Å². The van der Waals surface area contributed by atoms with Crippen molar-refractivity contribution in [2.75, 3.05) is 0 Å². The number of hydrogen-bond donors (Lipinski definition) is 1. The highest BCUT2D eigenvalue weighted by Gasteiger charge is 2.15. The second kappa shape index (κ2) is 6.85. The highest BCUT2D eigenvalue weighted by atomic mass is 79.9. The molecule has 0 aliphatic rings. The number of ether oxygens (including phenoxy) is 1. The van der Waals surface area contributed by atoms with E-state index in [1.54, 1.807) is 12.1 Å². The average Bonchev–Trinajstić information content (AvgIpc) is 2.37. The standard InChI is InChI=1S/C15H13Br2F2NO/c1-8(20)4-9-5-10(16)2-3-13(9)21-14-7-11(17)6-12(18)15(14)19/h2-3,5-8H,4,20H2,1H3. The van der Waals surface area contributed by atoms with Crippen LogP contribution in [0.25, 0.3) is 0 Å². The van der Waals surface area contributed by atoms with Crippen molar-refractivity contribution in [1.29, 1.82) is 0 Å². The van der Waals surface area contributed by atoms with Gasteiger partial charge >= 0.3 is 0 Å². The summed E-state index contributed by atoms with van der Waals surface area (Å²) in [7, 11) is 0. The molecule has 21 heavy (non-hydrogen) atoms. The lowest BCUT2D eigenvalue weighted by Crippen LogP contribution is -2.18. The molecule has 2 nitrogen and oxygen atoms in total. The minimum Gasteiger partial charge on any atom is -0.454 e. The van der Waals surface area contributed by atoms with E-state index < -0.39 is 11.6 Å². The molecule has 0 saturated heterocycles. The van der Waals surface area contributed by atoms with Gasteiger partial charge in [-0.25, -0.2) is 4.39 Å². The summed E-state index contributed by atoms with van der Waals surface area (Å²) in [5.41, 5.74) is 6.62. The van der Waals surface area contributed by atoms with Crippen molar-refractivity contribution in [2.45, 2.75) is 19.4 Å². The van der Waals surface area contributed by atoms with Gasteiger partial charge in [0.1, 0.15) is 5.75 Å². The lowest BCUT2D eigenvalue weighted by molar-refractivity contribution is 0.411. The van der Waals surface area contributed by atoms with Crippen LogP contribution in [0.5, 0.6) is 11.5 Å². The van der Waals surface area contributed by atoms with Gasteiger partial charge in [-0.2, -0.15) is 4.39 Å². The van der Waals surface area contributed by atoms with E-state index in [9.17, 15) is 8.78 Å². The predicted molar refractivity (Wildman–Crippen MR) is 85.6 cm³/mol. The first kappa shape index (κ1) is 16.4. The Bertz CT molecular complexity index is 662. The van der Waals surface area contributed by atoms with Crippen LogP contribution >= 0.6 is 31.9 Å². The molecule has 0 aliphatic heterocycles. The average molecular weight is 421 g/mol. The lowest BCUT2D eigenvalue weighted by atomic mass is 10.1. The molecule has 0 aromatic heterocycles. The molecular weight excluding hydrogens is 408 g/mol. The van der Waals surface area contributed by atoms with Crippen LogP contribution < -0.4 is 10.5 Å². The van der Waals surface area contributed by atoms with E-state index in [-0.39, 0.29) is 11.8 Å². The zero-order valence-electron chi connectivity index (χ0n) is 11.2. The van der Waals surface area contributed by atoms with E-state index in [1.807, 2.05) is 13.0 Å². The molecule has 0 amide bonds. The third kappa shape index (κ3) is 4.25. The van der Waals surface area contributed by atoms with Gasteiger partial charge in [0, 0.05) is 15.0 Å². The Morgan fingerprint density at radius 3 is 2.48 bits per heavy atom. The molecule has 0 heterocycles. The zero-order valence-corrected chi connectivity index (χ0v) is 14.3. The van der Waals surface area contributed by atoms with Gasteiger partial charge in [-0.15, -0.1) is 0 Å². The Balaban J connectivity index is 2.40. The fourth-order valence-corrected chi connectivity index (χ4v) is 2.70. The van der Waals surface area contributed by atoms with E-state index in [1.165, 1.54) is 6.07 Å². The van der Waals surface area contributed by atoms with Crippen molar-refractivity contribution in [1.82, 2.24) is 0 Å². The molecule has 0 aliphatic carbocycles. The molecule has 6 heteroatoms. The smallest absolute Gasteiger partial charge is 0.201 e. The van der Waals surface area contributed by atoms with Crippen LogP contribution in [0.1, 0.15) is 12.5 Å². The summed E-state index contributed by atoms with van der Waals surface area (Å²) in [5, 5.41) is 0. The number of nitrogens with two attached hydrogens (primary N) is 1. The summed E-state index contributed by atoms with van der Waals surface area (Å²) in [5.74, 6) is -1.71. The maximum absolute atomic E-state index is 13.8. The van der Waals surface area contributed by atoms with Crippen molar-refractivity contribution < 1.29 is 13.5 Å². The van der Waals surface area contributed by atoms with Gasteiger partial charge in [-0.1, -0.05) is 31.9 Å². The van der Waals surface area contributed by atoms with Crippen LogP contribution in [0.4, 0.5) is 8.78 Å². The highest BCUT2D eigenvalue weighted by molar-refractivity contribution is 9.10. The lowest BCUT2D eigenvalue weighted by Gasteiger charge is -2.14. The molecule has 0 saturated carbocycles. The van der Waals surface area contributed by atoms with E-state index in [4.69, 9.17) is 10.5 Å². The first-order valence-corrected chi connectivity index (χ1v) is 7.82. The Labute approximate surface area is 138 Å². The van der Waals surface area contributed by atoms with Gasteiger partial charge in [0.25, 0.3) is 0 Å². The molecule has 2 N–H and O–H groups in total. The second-order valence-electron chi connectivity index (χ2n) is 4.74. The van der Waals surface area contributed by atoms with Crippen LogP contribution in [0.15, 0.2) is 39.3 Å². The van der Waals surface area contributed by atoms with Crippen molar-refractivity contribution >= 4 is 31.9 Å². The van der Waals surface area contributed by atoms with E-state index in [0.717, 1.165) is 16.1 Å². The van der Waals surface area contributed by atoms with Crippen molar-refractivity contribution in [2.24, 2.45) is 5.73 Å². The Morgan fingerprint density at radius 1 is 1.10 bits per heavy atom. The largest absolute Gasteiger partial charge is 0.454 e. The van der Waals surface area contributed by atoms with E-state index >= 15 is 0 Å². The topological polar surface area (TPSA) is 35.2 Å². The third-order valence-electron chi connectivity index (χ3n) is 2.74. The molecule has 112 valence electrons. The summed E-state index contributed by atoms with van der Waals surface area (Å²) >= 11 is 6.49. The zero-order chi connectivity index (χ0) is 15.6. The molecular formula is C15H13Br2F2NO. The highest BCUT2D eigenvalue weighted by Crippen LogP contribution is 2.33. The molecule has 1 atom stereocenters. The first-order chi connectivity index (χ1) is 9.86. The van der Waals surface area contributed by atoms with Gasteiger partial charge in [0.15, 0.2) is 11.6 Å². The number of halogens is 4. The number of hydrogen-bond acceptors (Lipinski definition) is 2. The number of rotatable bonds is 4. The molecule has 0 fully saturated rings. The summed E-state index contributed by atoms with van der Waals surface area (Å²) < 4.78 is 34.0. The summed E-state index contributed by atoms with van der Waals surface area (Å²) in [4.78, 5) is 0. The molecule has 0 bridgehead atoms. The summed E-state index contributed by atoms with van der Waals surface area (Å²) in [6, 6.07) is 7.67. The van der Waals surface area contributed by atoms with Crippen LogP contribution in [0.2, 0.25) is 0 Å². The van der Waals surface area contributed by atoms with Gasteiger partial charge in [-0.05, 0) is 49.2 Å².